The van der Waals surface area contributed by atoms with Gasteiger partial charge in [0.25, 0.3) is 0 Å². The van der Waals surface area contributed by atoms with E-state index in [9.17, 15) is 8.42 Å². The van der Waals surface area contributed by atoms with Gasteiger partial charge in [0, 0.05) is 15.8 Å². The molecule has 2 rings (SSSR count). The van der Waals surface area contributed by atoms with Gasteiger partial charge in [-0.05, 0) is 52.7 Å². The van der Waals surface area contributed by atoms with Gasteiger partial charge in [0.05, 0.1) is 9.92 Å². The number of sulfonamides is 1. The Morgan fingerprint density at radius 2 is 2.20 bits per heavy atom. The molecule has 1 aliphatic carbocycles. The Kier molecular flexibility index (Phi) is 5.82. The van der Waals surface area contributed by atoms with Gasteiger partial charge in [0.2, 0.25) is 10.0 Å². The molecule has 0 bridgehead atoms. The highest BCUT2D eigenvalue weighted by molar-refractivity contribution is 9.10. The number of halogens is 2. The third kappa shape index (κ3) is 3.91. The number of hydrogen-bond acceptors (Lipinski definition) is 3. The van der Waals surface area contributed by atoms with Crippen LogP contribution in [-0.2, 0) is 10.0 Å². The average Bonchev–Trinajstić information content (AvgIpc) is 2.80. The highest BCUT2D eigenvalue weighted by Gasteiger charge is 2.31. The Bertz CT molecular complexity index is 580. The summed E-state index contributed by atoms with van der Waals surface area (Å²) < 4.78 is 28.3. The summed E-state index contributed by atoms with van der Waals surface area (Å²) in [5, 5.41) is 0.884. The predicted octanol–water partition coefficient (Wildman–Crippen LogP) is 4.06. The summed E-state index contributed by atoms with van der Waals surface area (Å²) in [5.74, 6) is 1.01. The number of hydrogen-bond donors (Lipinski definition) is 1. The van der Waals surface area contributed by atoms with Gasteiger partial charge in [0.1, 0.15) is 0 Å². The van der Waals surface area contributed by atoms with Crippen LogP contribution in [0.2, 0.25) is 5.02 Å². The van der Waals surface area contributed by atoms with E-state index >= 15 is 0 Å². The second-order valence-corrected chi connectivity index (χ2v) is 9.22. The minimum Gasteiger partial charge on any atom is -0.207 e. The summed E-state index contributed by atoms with van der Waals surface area (Å²) in [4.78, 5) is 0.251. The fourth-order valence-corrected chi connectivity index (χ4v) is 5.65. The van der Waals surface area contributed by atoms with Crippen LogP contribution in [0.1, 0.15) is 26.2 Å². The first-order chi connectivity index (χ1) is 9.44. The van der Waals surface area contributed by atoms with Gasteiger partial charge < -0.3 is 0 Å². The van der Waals surface area contributed by atoms with Crippen LogP contribution in [-0.4, -0.2) is 25.5 Å². The first-order valence-electron chi connectivity index (χ1n) is 6.53. The third-order valence-electron chi connectivity index (χ3n) is 3.34. The Morgan fingerprint density at radius 3 is 2.85 bits per heavy atom. The molecular formula is C13H17BrClNO2S2. The molecule has 2 unspecified atom stereocenters. The molecule has 1 aliphatic rings. The van der Waals surface area contributed by atoms with E-state index in [0.717, 1.165) is 25.0 Å². The van der Waals surface area contributed by atoms with Crippen molar-refractivity contribution in [1.82, 2.24) is 4.72 Å². The molecule has 0 spiro atoms. The van der Waals surface area contributed by atoms with Gasteiger partial charge >= 0.3 is 0 Å². The van der Waals surface area contributed by atoms with Gasteiger partial charge in [-0.2, -0.15) is 11.8 Å². The third-order valence-corrected chi connectivity index (χ3v) is 7.37. The van der Waals surface area contributed by atoms with Gasteiger partial charge in [-0.1, -0.05) is 24.9 Å². The van der Waals surface area contributed by atoms with Crippen LogP contribution in [0.15, 0.2) is 27.6 Å². The van der Waals surface area contributed by atoms with Gasteiger partial charge in [-0.15, -0.1) is 0 Å². The molecule has 1 saturated carbocycles. The second kappa shape index (κ2) is 7.01. The van der Waals surface area contributed by atoms with Crippen LogP contribution in [0.25, 0.3) is 0 Å². The molecule has 1 N–H and O–H groups in total. The quantitative estimate of drug-likeness (QED) is 0.813. The van der Waals surface area contributed by atoms with Crippen LogP contribution in [0.3, 0.4) is 0 Å². The van der Waals surface area contributed by atoms with Crippen molar-refractivity contribution in [3.8, 4) is 0 Å². The molecule has 0 saturated heterocycles. The molecule has 0 amide bonds. The molecule has 0 radical (unpaired) electrons. The lowest BCUT2D eigenvalue weighted by atomic mass is 10.3. The van der Waals surface area contributed by atoms with E-state index in [2.05, 4.69) is 27.6 Å². The standard InChI is InChI=1S/C13H17BrClNO2S2/c1-2-19-13-5-3-4-12(13)16-20(17,18)9-6-7-11(15)10(14)8-9/h6-8,12-13,16H,2-5H2,1H3. The maximum atomic E-state index is 12.4. The van der Waals surface area contributed by atoms with E-state index < -0.39 is 10.0 Å². The topological polar surface area (TPSA) is 46.2 Å². The molecule has 0 aliphatic heterocycles. The van der Waals surface area contributed by atoms with Crippen molar-refractivity contribution in [1.29, 1.82) is 0 Å². The molecule has 0 heterocycles. The SMILES string of the molecule is CCSC1CCCC1NS(=O)(=O)c1ccc(Cl)c(Br)c1. The van der Waals surface area contributed by atoms with E-state index in [1.165, 1.54) is 6.07 Å². The normalized spacial score (nSPS) is 23.1. The van der Waals surface area contributed by atoms with Crippen molar-refractivity contribution < 1.29 is 8.42 Å². The maximum Gasteiger partial charge on any atom is 0.240 e. The van der Waals surface area contributed by atoms with Crippen molar-refractivity contribution >= 4 is 49.3 Å². The van der Waals surface area contributed by atoms with Crippen LogP contribution >= 0.6 is 39.3 Å². The Morgan fingerprint density at radius 1 is 1.45 bits per heavy atom. The van der Waals surface area contributed by atoms with Crippen LogP contribution in [0, 0.1) is 0 Å². The lowest BCUT2D eigenvalue weighted by Gasteiger charge is -2.20. The minimum absolute atomic E-state index is 0.0272. The van der Waals surface area contributed by atoms with Crippen molar-refractivity contribution in [2.45, 2.75) is 42.4 Å². The molecule has 0 aromatic heterocycles. The van der Waals surface area contributed by atoms with E-state index in [4.69, 9.17) is 11.6 Å². The zero-order valence-corrected chi connectivity index (χ0v) is 15.1. The van der Waals surface area contributed by atoms with E-state index in [-0.39, 0.29) is 10.9 Å². The summed E-state index contributed by atoms with van der Waals surface area (Å²) in [6.45, 7) is 2.10. The molecule has 112 valence electrons. The molecule has 1 fully saturated rings. The fourth-order valence-electron chi connectivity index (χ4n) is 2.39. The Balaban J connectivity index is 2.16. The monoisotopic (exact) mass is 397 g/mol. The number of rotatable bonds is 5. The average molecular weight is 399 g/mol. The summed E-state index contributed by atoms with van der Waals surface area (Å²) in [6.07, 6.45) is 3.07. The van der Waals surface area contributed by atoms with Crippen LogP contribution in [0.4, 0.5) is 0 Å². The van der Waals surface area contributed by atoms with Crippen molar-refractivity contribution in [3.63, 3.8) is 0 Å². The first kappa shape index (κ1) is 16.6. The second-order valence-electron chi connectivity index (χ2n) is 4.73. The lowest BCUT2D eigenvalue weighted by molar-refractivity contribution is 0.555. The van der Waals surface area contributed by atoms with Gasteiger partial charge in [-0.3, -0.25) is 0 Å². The number of nitrogens with one attached hydrogen (secondary N) is 1. The summed E-state index contributed by atoms with van der Waals surface area (Å²) in [6, 6.07) is 4.69. The maximum absolute atomic E-state index is 12.4. The first-order valence-corrected chi connectivity index (χ1v) is 10.2. The minimum atomic E-state index is -3.49. The summed E-state index contributed by atoms with van der Waals surface area (Å²) in [7, 11) is -3.49. The van der Waals surface area contributed by atoms with E-state index in [1.807, 2.05) is 11.8 Å². The molecule has 3 nitrogen and oxygen atoms in total. The van der Waals surface area contributed by atoms with Crippen molar-refractivity contribution in [3.05, 3.63) is 27.7 Å². The van der Waals surface area contributed by atoms with E-state index in [0.29, 0.717) is 14.7 Å². The Labute approximate surface area is 138 Å². The highest BCUT2D eigenvalue weighted by atomic mass is 79.9. The van der Waals surface area contributed by atoms with Gasteiger partial charge in [0.15, 0.2) is 0 Å². The summed E-state index contributed by atoms with van der Waals surface area (Å²) in [5.41, 5.74) is 0. The number of benzene rings is 1. The zero-order chi connectivity index (χ0) is 14.8. The van der Waals surface area contributed by atoms with Gasteiger partial charge in [-0.25, -0.2) is 13.1 Å². The smallest absolute Gasteiger partial charge is 0.207 e. The van der Waals surface area contributed by atoms with Crippen LogP contribution < -0.4 is 4.72 Å². The lowest BCUT2D eigenvalue weighted by Crippen LogP contribution is -2.38. The fraction of sp³-hybridized carbons (Fsp3) is 0.538. The molecule has 7 heteroatoms. The van der Waals surface area contributed by atoms with E-state index in [1.54, 1.807) is 12.1 Å². The molecular weight excluding hydrogens is 382 g/mol. The summed E-state index contributed by atoms with van der Waals surface area (Å²) >= 11 is 11.0. The molecule has 20 heavy (non-hydrogen) atoms. The molecule has 1 aromatic carbocycles. The Hall–Kier alpha value is 0.250. The zero-order valence-electron chi connectivity index (χ0n) is 11.1. The predicted molar refractivity (Wildman–Crippen MR) is 89.0 cm³/mol. The highest BCUT2D eigenvalue weighted by Crippen LogP contribution is 2.31. The number of thioether (sulfide) groups is 1. The molecule has 2 atom stereocenters. The largest absolute Gasteiger partial charge is 0.240 e. The molecule has 1 aromatic rings. The van der Waals surface area contributed by atoms with Crippen LogP contribution in [0.5, 0.6) is 0 Å². The van der Waals surface area contributed by atoms with Crippen molar-refractivity contribution in [2.24, 2.45) is 0 Å². The van der Waals surface area contributed by atoms with Crippen molar-refractivity contribution in [2.75, 3.05) is 5.75 Å².